The highest BCUT2D eigenvalue weighted by atomic mass is 79.9. The molecule has 0 spiro atoms. The van der Waals surface area contributed by atoms with Crippen molar-refractivity contribution in [1.29, 1.82) is 0 Å². The van der Waals surface area contributed by atoms with Crippen molar-refractivity contribution in [3.05, 3.63) is 57.6 Å². The number of H-pyrrole nitrogens is 1. The highest BCUT2D eigenvalue weighted by Crippen LogP contribution is 2.25. The van der Waals surface area contributed by atoms with Gasteiger partial charge in [-0.15, -0.1) is 0 Å². The third-order valence-electron chi connectivity index (χ3n) is 2.89. The normalized spacial score (nSPS) is 10.7. The topological polar surface area (TPSA) is 63.6 Å². The van der Waals surface area contributed by atoms with Crippen molar-refractivity contribution in [2.45, 2.75) is 0 Å². The Morgan fingerprint density at radius 3 is 2.60 bits per heavy atom. The van der Waals surface area contributed by atoms with Crippen LogP contribution in [0.1, 0.15) is 0 Å². The number of rotatable bonds is 2. The summed E-state index contributed by atoms with van der Waals surface area (Å²) >= 11 is 3.30. The molecule has 0 aliphatic carbocycles. The van der Waals surface area contributed by atoms with Crippen LogP contribution in [-0.4, -0.2) is 19.7 Å². The standard InChI is InChI=1S/C14H11BrN4O/c1-19-8-10(7-16-19)13-17-12(11(15)14(20)18-13)9-5-3-2-4-6-9/h2-8H,1H3,(H,17,18,20). The van der Waals surface area contributed by atoms with E-state index in [4.69, 9.17) is 0 Å². The van der Waals surface area contributed by atoms with Gasteiger partial charge in [-0.2, -0.15) is 5.10 Å². The number of halogens is 1. The van der Waals surface area contributed by atoms with Gasteiger partial charge < -0.3 is 4.98 Å². The molecule has 0 radical (unpaired) electrons. The zero-order chi connectivity index (χ0) is 14.1. The summed E-state index contributed by atoms with van der Waals surface area (Å²) in [5, 5.41) is 4.09. The lowest BCUT2D eigenvalue weighted by Crippen LogP contribution is -2.11. The summed E-state index contributed by atoms with van der Waals surface area (Å²) in [7, 11) is 1.82. The molecule has 5 nitrogen and oxygen atoms in total. The second-order valence-electron chi connectivity index (χ2n) is 4.35. The Morgan fingerprint density at radius 2 is 1.95 bits per heavy atom. The first-order valence-corrected chi connectivity index (χ1v) is 6.78. The molecule has 100 valence electrons. The van der Waals surface area contributed by atoms with Crippen LogP contribution in [0.3, 0.4) is 0 Å². The van der Waals surface area contributed by atoms with Crippen LogP contribution in [0.5, 0.6) is 0 Å². The van der Waals surface area contributed by atoms with Crippen LogP contribution in [0.4, 0.5) is 0 Å². The Morgan fingerprint density at radius 1 is 1.20 bits per heavy atom. The summed E-state index contributed by atoms with van der Waals surface area (Å²) in [4.78, 5) is 19.3. The smallest absolute Gasteiger partial charge is 0.266 e. The minimum absolute atomic E-state index is 0.210. The molecule has 0 unspecified atom stereocenters. The molecule has 0 saturated heterocycles. The second-order valence-corrected chi connectivity index (χ2v) is 5.14. The van der Waals surface area contributed by atoms with Gasteiger partial charge in [0.05, 0.1) is 17.5 Å². The summed E-state index contributed by atoms with van der Waals surface area (Å²) in [5.74, 6) is 0.505. The van der Waals surface area contributed by atoms with E-state index < -0.39 is 0 Å². The average molecular weight is 331 g/mol. The zero-order valence-electron chi connectivity index (χ0n) is 10.7. The Hall–Kier alpha value is -2.21. The average Bonchev–Trinajstić information content (AvgIpc) is 2.89. The molecule has 0 saturated carbocycles. The maximum absolute atomic E-state index is 12.0. The van der Waals surface area contributed by atoms with Crippen molar-refractivity contribution in [1.82, 2.24) is 19.7 Å². The van der Waals surface area contributed by atoms with Crippen molar-refractivity contribution in [2.75, 3.05) is 0 Å². The van der Waals surface area contributed by atoms with Crippen molar-refractivity contribution >= 4 is 15.9 Å². The summed E-state index contributed by atoms with van der Waals surface area (Å²) in [5.41, 5.74) is 2.07. The fourth-order valence-corrected chi connectivity index (χ4v) is 2.34. The monoisotopic (exact) mass is 330 g/mol. The molecule has 0 amide bonds. The molecular formula is C14H11BrN4O. The SMILES string of the molecule is Cn1cc(-c2nc(-c3ccccc3)c(Br)c(=O)[nH]2)cn1. The van der Waals surface area contributed by atoms with E-state index in [-0.39, 0.29) is 5.56 Å². The summed E-state index contributed by atoms with van der Waals surface area (Å²) < 4.78 is 2.09. The lowest BCUT2D eigenvalue weighted by atomic mass is 10.1. The van der Waals surface area contributed by atoms with Crippen LogP contribution >= 0.6 is 15.9 Å². The molecule has 3 rings (SSSR count). The van der Waals surface area contributed by atoms with Crippen LogP contribution in [-0.2, 0) is 7.05 Å². The first kappa shape index (κ1) is 12.8. The van der Waals surface area contributed by atoms with Crippen LogP contribution in [0.2, 0.25) is 0 Å². The second kappa shape index (κ2) is 5.05. The minimum atomic E-state index is -0.210. The van der Waals surface area contributed by atoms with Crippen LogP contribution in [0, 0.1) is 0 Å². The molecule has 2 heterocycles. The first-order chi connectivity index (χ1) is 9.65. The lowest BCUT2D eigenvalue weighted by Gasteiger charge is -2.05. The fraction of sp³-hybridized carbons (Fsp3) is 0.0714. The number of aryl methyl sites for hydroxylation is 1. The predicted molar refractivity (Wildman–Crippen MR) is 80.2 cm³/mol. The highest BCUT2D eigenvalue weighted by Gasteiger charge is 2.12. The van der Waals surface area contributed by atoms with E-state index in [0.717, 1.165) is 11.1 Å². The summed E-state index contributed by atoms with van der Waals surface area (Å²) in [6.45, 7) is 0. The predicted octanol–water partition coefficient (Wildman–Crippen LogP) is 2.60. The van der Waals surface area contributed by atoms with Crippen LogP contribution < -0.4 is 5.56 Å². The third kappa shape index (κ3) is 2.30. The van der Waals surface area contributed by atoms with Crippen molar-refractivity contribution in [2.24, 2.45) is 7.05 Å². The van der Waals surface area contributed by atoms with Gasteiger partial charge in [0, 0.05) is 18.8 Å². The molecule has 0 aliphatic heterocycles. The van der Waals surface area contributed by atoms with Gasteiger partial charge in [-0.05, 0) is 15.9 Å². The number of aromatic amines is 1. The fourth-order valence-electron chi connectivity index (χ4n) is 1.93. The van der Waals surface area contributed by atoms with Crippen molar-refractivity contribution < 1.29 is 0 Å². The maximum Gasteiger partial charge on any atom is 0.266 e. The molecule has 1 N–H and O–H groups in total. The molecule has 0 aliphatic rings. The van der Waals surface area contributed by atoms with Gasteiger partial charge >= 0.3 is 0 Å². The molecule has 20 heavy (non-hydrogen) atoms. The minimum Gasteiger partial charge on any atom is -0.305 e. The Bertz CT molecular complexity index is 808. The Labute approximate surface area is 123 Å². The Kier molecular flexibility index (Phi) is 3.23. The lowest BCUT2D eigenvalue weighted by molar-refractivity contribution is 0.768. The van der Waals surface area contributed by atoms with E-state index in [1.54, 1.807) is 17.1 Å². The quantitative estimate of drug-likeness (QED) is 0.785. The number of nitrogens with one attached hydrogen (secondary N) is 1. The molecule has 2 aromatic heterocycles. The Balaban J connectivity index is 2.21. The number of benzene rings is 1. The van der Waals surface area contributed by atoms with Gasteiger partial charge in [-0.3, -0.25) is 9.48 Å². The maximum atomic E-state index is 12.0. The molecule has 0 bridgehead atoms. The van der Waals surface area contributed by atoms with Crippen molar-refractivity contribution in [3.63, 3.8) is 0 Å². The van der Waals surface area contributed by atoms with E-state index in [1.165, 1.54) is 0 Å². The molecule has 6 heteroatoms. The number of nitrogens with zero attached hydrogens (tertiary/aromatic N) is 3. The first-order valence-electron chi connectivity index (χ1n) is 5.99. The number of hydrogen-bond donors (Lipinski definition) is 1. The largest absolute Gasteiger partial charge is 0.305 e. The van der Waals surface area contributed by atoms with E-state index in [9.17, 15) is 4.79 Å². The van der Waals surface area contributed by atoms with Gasteiger partial charge in [-0.1, -0.05) is 30.3 Å². The summed E-state index contributed by atoms with van der Waals surface area (Å²) in [6, 6.07) is 9.58. The van der Waals surface area contributed by atoms with Gasteiger partial charge in [0.2, 0.25) is 0 Å². The van der Waals surface area contributed by atoms with Crippen LogP contribution in [0.25, 0.3) is 22.6 Å². The summed E-state index contributed by atoms with van der Waals surface area (Å²) in [6.07, 6.45) is 3.47. The highest BCUT2D eigenvalue weighted by molar-refractivity contribution is 9.10. The van der Waals surface area contributed by atoms with Crippen molar-refractivity contribution in [3.8, 4) is 22.6 Å². The van der Waals surface area contributed by atoms with E-state index in [1.807, 2.05) is 37.4 Å². The number of aromatic nitrogens is 4. The molecule has 0 fully saturated rings. The molecule has 3 aromatic rings. The van der Waals surface area contributed by atoms with Gasteiger partial charge in [-0.25, -0.2) is 4.98 Å². The van der Waals surface area contributed by atoms with Gasteiger partial charge in [0.15, 0.2) is 0 Å². The zero-order valence-corrected chi connectivity index (χ0v) is 12.3. The van der Waals surface area contributed by atoms with Gasteiger partial charge in [0.25, 0.3) is 5.56 Å². The third-order valence-corrected chi connectivity index (χ3v) is 3.62. The molecule has 1 aromatic carbocycles. The van der Waals surface area contributed by atoms with Crippen LogP contribution in [0.15, 0.2) is 52.0 Å². The number of hydrogen-bond acceptors (Lipinski definition) is 3. The van der Waals surface area contributed by atoms with E-state index in [0.29, 0.717) is 16.0 Å². The molecule has 0 atom stereocenters. The van der Waals surface area contributed by atoms with E-state index in [2.05, 4.69) is 31.0 Å². The van der Waals surface area contributed by atoms with Gasteiger partial charge in [0.1, 0.15) is 10.3 Å². The molecular weight excluding hydrogens is 320 g/mol. The van der Waals surface area contributed by atoms with E-state index >= 15 is 0 Å².